The normalized spacial score (nSPS) is 23.8. The van der Waals surface area contributed by atoms with Gasteiger partial charge in [-0.1, -0.05) is 30.6 Å². The maximum absolute atomic E-state index is 13.2. The van der Waals surface area contributed by atoms with Crippen LogP contribution in [0.3, 0.4) is 0 Å². The molecule has 8 heteroatoms. The van der Waals surface area contributed by atoms with Crippen molar-refractivity contribution in [2.45, 2.75) is 94.7 Å². The summed E-state index contributed by atoms with van der Waals surface area (Å²) in [5.41, 5.74) is 1.97. The molecule has 3 N–H and O–H groups in total. The Labute approximate surface area is 204 Å². The maximum atomic E-state index is 13.2. The van der Waals surface area contributed by atoms with Crippen molar-refractivity contribution >= 4 is 27.5 Å². The van der Waals surface area contributed by atoms with E-state index in [4.69, 9.17) is 9.72 Å². The van der Waals surface area contributed by atoms with Gasteiger partial charge in [-0.25, -0.2) is 13.9 Å². The molecule has 4 rings (SSSR count). The van der Waals surface area contributed by atoms with Crippen LogP contribution in [0.25, 0.3) is 10.4 Å². The summed E-state index contributed by atoms with van der Waals surface area (Å²) >= 11 is 1.66. The van der Waals surface area contributed by atoms with E-state index in [9.17, 15) is 9.32 Å². The average Bonchev–Trinajstić information content (AvgIpc) is 3.19. The first kappa shape index (κ1) is 24.6. The molecule has 1 aromatic carbocycles. The topological polar surface area (TPSA) is 83.5 Å². The lowest BCUT2D eigenvalue weighted by molar-refractivity contribution is 0.117. The van der Waals surface area contributed by atoms with Gasteiger partial charge in [0.25, 0.3) is 0 Å². The van der Waals surface area contributed by atoms with Gasteiger partial charge in [0.15, 0.2) is 5.13 Å². The molecule has 0 aliphatic heterocycles. The van der Waals surface area contributed by atoms with Crippen molar-refractivity contribution in [1.29, 1.82) is 0 Å². The first-order valence-electron chi connectivity index (χ1n) is 12.2. The van der Waals surface area contributed by atoms with E-state index in [1.54, 1.807) is 18.4 Å². The fourth-order valence-corrected chi connectivity index (χ4v) is 7.39. The number of nitrogens with one attached hydrogen (secondary N) is 2. The molecule has 1 aromatic heterocycles. The van der Waals surface area contributed by atoms with Gasteiger partial charge in [-0.05, 0) is 82.1 Å². The Morgan fingerprint density at radius 1 is 1.18 bits per heavy atom. The highest BCUT2D eigenvalue weighted by Gasteiger charge is 2.24. The van der Waals surface area contributed by atoms with Gasteiger partial charge in [0.2, 0.25) is 0 Å². The van der Waals surface area contributed by atoms with E-state index < -0.39 is 11.0 Å². The minimum atomic E-state index is -1.42. The van der Waals surface area contributed by atoms with Crippen LogP contribution in [0.15, 0.2) is 23.1 Å². The number of hydrogen-bond acceptors (Lipinski definition) is 6. The van der Waals surface area contributed by atoms with E-state index >= 15 is 0 Å². The quantitative estimate of drug-likeness (QED) is 0.459. The van der Waals surface area contributed by atoms with Crippen LogP contribution in [0.2, 0.25) is 0 Å². The Bertz CT molecular complexity index is 958. The number of ether oxygens (including phenoxy) is 1. The molecule has 2 aromatic rings. The van der Waals surface area contributed by atoms with Crippen molar-refractivity contribution in [1.82, 2.24) is 9.71 Å². The summed E-state index contributed by atoms with van der Waals surface area (Å²) in [4.78, 5) is 6.52. The molecule has 0 saturated heterocycles. The van der Waals surface area contributed by atoms with Gasteiger partial charge in [-0.2, -0.15) is 0 Å². The first-order valence-corrected chi connectivity index (χ1v) is 14.2. The van der Waals surface area contributed by atoms with Crippen LogP contribution in [0.5, 0.6) is 5.75 Å². The Balaban J connectivity index is 1.51. The maximum Gasteiger partial charge on any atom is 0.183 e. The molecule has 2 aliphatic rings. The molecule has 4 atom stereocenters. The Morgan fingerprint density at radius 3 is 2.70 bits per heavy atom. The second kappa shape index (κ2) is 11.3. The predicted octanol–water partition coefficient (Wildman–Crippen LogP) is 5.42. The zero-order valence-corrected chi connectivity index (χ0v) is 21.6. The number of aryl methyl sites for hydroxylation is 1. The highest BCUT2D eigenvalue weighted by Crippen LogP contribution is 2.37. The number of methoxy groups -OCH3 is 1. The van der Waals surface area contributed by atoms with Crippen molar-refractivity contribution < 1.29 is 14.1 Å². The fraction of sp³-hybridized carbons (Fsp3) is 0.640. The third-order valence-corrected chi connectivity index (χ3v) is 9.45. The van der Waals surface area contributed by atoms with Crippen LogP contribution in [-0.4, -0.2) is 39.6 Å². The largest absolute Gasteiger partial charge is 0.495 e. The van der Waals surface area contributed by atoms with E-state index in [2.05, 4.69) is 17.0 Å². The van der Waals surface area contributed by atoms with Crippen LogP contribution in [0.1, 0.15) is 70.4 Å². The van der Waals surface area contributed by atoms with Crippen LogP contribution < -0.4 is 14.8 Å². The number of thiazole rings is 1. The summed E-state index contributed by atoms with van der Waals surface area (Å²) in [7, 11) is 0.183. The first-order chi connectivity index (χ1) is 15.9. The van der Waals surface area contributed by atoms with Crippen molar-refractivity contribution in [3.63, 3.8) is 0 Å². The number of aromatic nitrogens is 1. The standard InChI is InChI=1S/C25H37N3O3S2/c1-16(18-8-5-4-6-9-18)26-25-27-17(2)24(32-25)19-12-13-22(31-3)23(14-19)33(30)28-20-10-7-11-21(29)15-20/h12-14,16,18,20-21,28-29H,4-11,15H2,1-3H3,(H,26,27). The Morgan fingerprint density at radius 2 is 1.97 bits per heavy atom. The SMILES string of the molecule is COc1ccc(-c2sc(NC(C)C3CCCCC3)nc2C)cc1S(=O)NC1CCCC(O)C1. The second-order valence-electron chi connectivity index (χ2n) is 9.53. The van der Waals surface area contributed by atoms with Crippen LogP contribution in [-0.2, 0) is 11.0 Å². The molecule has 0 amide bonds. The van der Waals surface area contributed by atoms with Gasteiger partial charge in [0.05, 0.1) is 28.7 Å². The molecule has 0 spiro atoms. The summed E-state index contributed by atoms with van der Waals surface area (Å²) in [5, 5.41) is 14.6. The second-order valence-corrected chi connectivity index (χ2v) is 11.7. The molecule has 0 bridgehead atoms. The minimum absolute atomic E-state index is 0.0464. The zero-order chi connectivity index (χ0) is 23.4. The highest BCUT2D eigenvalue weighted by molar-refractivity contribution is 7.83. The number of benzene rings is 1. The minimum Gasteiger partial charge on any atom is -0.495 e. The number of rotatable bonds is 8. The lowest BCUT2D eigenvalue weighted by Crippen LogP contribution is -2.37. The van der Waals surface area contributed by atoms with Crippen LogP contribution in [0, 0.1) is 12.8 Å². The van der Waals surface area contributed by atoms with Crippen LogP contribution in [0.4, 0.5) is 5.13 Å². The van der Waals surface area contributed by atoms with Gasteiger partial charge in [-0.3, -0.25) is 0 Å². The van der Waals surface area contributed by atoms with Crippen molar-refractivity contribution in [3.05, 3.63) is 23.9 Å². The summed E-state index contributed by atoms with van der Waals surface area (Å²) in [6.45, 7) is 4.31. The lowest BCUT2D eigenvalue weighted by Gasteiger charge is -2.28. The molecular formula is C25H37N3O3S2. The van der Waals surface area contributed by atoms with E-state index in [0.717, 1.165) is 40.5 Å². The highest BCUT2D eigenvalue weighted by atomic mass is 32.2. The monoisotopic (exact) mass is 491 g/mol. The van der Waals surface area contributed by atoms with Gasteiger partial charge >= 0.3 is 0 Å². The summed E-state index contributed by atoms with van der Waals surface area (Å²) < 4.78 is 21.9. The average molecular weight is 492 g/mol. The summed E-state index contributed by atoms with van der Waals surface area (Å²) in [6.07, 6.45) is 9.63. The third-order valence-electron chi connectivity index (χ3n) is 7.05. The van der Waals surface area contributed by atoms with E-state index in [-0.39, 0.29) is 12.1 Å². The smallest absolute Gasteiger partial charge is 0.183 e. The fourth-order valence-electron chi connectivity index (χ4n) is 5.12. The number of aliphatic hydroxyl groups excluding tert-OH is 1. The number of nitrogens with zero attached hydrogens (tertiary/aromatic N) is 1. The molecule has 6 nitrogen and oxygen atoms in total. The zero-order valence-electron chi connectivity index (χ0n) is 19.9. The molecule has 2 fully saturated rings. The predicted molar refractivity (Wildman–Crippen MR) is 136 cm³/mol. The van der Waals surface area contributed by atoms with E-state index in [0.29, 0.717) is 29.0 Å². The molecule has 1 heterocycles. The molecule has 4 unspecified atom stereocenters. The number of hydrogen-bond donors (Lipinski definition) is 3. The lowest BCUT2D eigenvalue weighted by atomic mass is 9.85. The Hall–Kier alpha value is -1.48. The molecule has 2 aliphatic carbocycles. The van der Waals surface area contributed by atoms with Crippen molar-refractivity contribution in [2.24, 2.45) is 5.92 Å². The van der Waals surface area contributed by atoms with Gasteiger partial charge in [0, 0.05) is 12.1 Å². The number of anilines is 1. The summed E-state index contributed by atoms with van der Waals surface area (Å²) in [5.74, 6) is 1.32. The van der Waals surface area contributed by atoms with Gasteiger partial charge in [-0.15, -0.1) is 0 Å². The van der Waals surface area contributed by atoms with Gasteiger partial charge in [0.1, 0.15) is 16.7 Å². The van der Waals surface area contributed by atoms with Crippen molar-refractivity contribution in [2.75, 3.05) is 12.4 Å². The molecule has 182 valence electrons. The van der Waals surface area contributed by atoms with Gasteiger partial charge < -0.3 is 15.2 Å². The summed E-state index contributed by atoms with van der Waals surface area (Å²) in [6, 6.07) is 6.31. The molecule has 0 radical (unpaired) electrons. The molecular weight excluding hydrogens is 454 g/mol. The number of aliphatic hydroxyl groups is 1. The third kappa shape index (κ3) is 6.15. The Kier molecular flexibility index (Phi) is 8.43. The van der Waals surface area contributed by atoms with Crippen LogP contribution >= 0.6 is 11.3 Å². The van der Waals surface area contributed by atoms with E-state index in [1.807, 2.05) is 25.1 Å². The molecule has 2 saturated carbocycles. The molecule has 33 heavy (non-hydrogen) atoms. The van der Waals surface area contributed by atoms with E-state index in [1.165, 1.54) is 32.1 Å². The van der Waals surface area contributed by atoms with Crippen molar-refractivity contribution in [3.8, 4) is 16.2 Å².